The zero-order valence-corrected chi connectivity index (χ0v) is 9.76. The minimum absolute atomic E-state index is 0.102. The summed E-state index contributed by atoms with van der Waals surface area (Å²) in [6, 6.07) is 0. The smallest absolute Gasteiger partial charge is 0.422 e. The summed E-state index contributed by atoms with van der Waals surface area (Å²) in [7, 11) is 1.53. The lowest BCUT2D eigenvalue weighted by Crippen LogP contribution is -2.20. The van der Waals surface area contributed by atoms with Crippen LogP contribution in [0.3, 0.4) is 0 Å². The molecular weight excluding hydrogens is 277 g/mol. The van der Waals surface area contributed by atoms with Crippen LogP contribution in [0, 0.1) is 0 Å². The molecular formula is C8H10BrF3N2O. The van der Waals surface area contributed by atoms with E-state index in [0.717, 1.165) is 0 Å². The van der Waals surface area contributed by atoms with Crippen molar-refractivity contribution >= 4 is 15.9 Å². The number of halogens is 4. The van der Waals surface area contributed by atoms with Crippen LogP contribution < -0.4 is 4.74 Å². The van der Waals surface area contributed by atoms with Crippen LogP contribution in [-0.4, -0.2) is 22.6 Å². The third kappa shape index (κ3) is 3.40. The predicted molar refractivity (Wildman–Crippen MR) is 52.1 cm³/mol. The van der Waals surface area contributed by atoms with Gasteiger partial charge < -0.3 is 4.74 Å². The first-order chi connectivity index (χ1) is 6.81. The quantitative estimate of drug-likeness (QED) is 0.799. The molecule has 0 amide bonds. The first-order valence-electron chi connectivity index (χ1n) is 4.17. The van der Waals surface area contributed by atoms with E-state index in [1.165, 1.54) is 17.9 Å². The molecule has 1 heterocycles. The summed E-state index contributed by atoms with van der Waals surface area (Å²) < 4.78 is 41.8. The molecule has 0 aliphatic rings. The van der Waals surface area contributed by atoms with Crippen molar-refractivity contribution in [1.82, 2.24) is 9.78 Å². The van der Waals surface area contributed by atoms with Gasteiger partial charge in [-0.25, -0.2) is 4.68 Å². The van der Waals surface area contributed by atoms with Gasteiger partial charge in [-0.2, -0.15) is 18.3 Å². The largest absolute Gasteiger partial charge is 0.468 e. The molecule has 0 aliphatic carbocycles. The van der Waals surface area contributed by atoms with Crippen LogP contribution >= 0.6 is 15.9 Å². The molecule has 86 valence electrons. The summed E-state index contributed by atoms with van der Waals surface area (Å²) in [4.78, 5) is -0.102. The van der Waals surface area contributed by atoms with Crippen molar-refractivity contribution in [2.75, 3.05) is 6.61 Å². The van der Waals surface area contributed by atoms with Crippen molar-refractivity contribution in [2.45, 2.75) is 17.9 Å². The van der Waals surface area contributed by atoms with Crippen molar-refractivity contribution in [1.29, 1.82) is 0 Å². The van der Waals surface area contributed by atoms with Gasteiger partial charge in [-0.05, 0) is 6.92 Å². The monoisotopic (exact) mass is 286 g/mol. The van der Waals surface area contributed by atoms with E-state index < -0.39 is 12.8 Å². The maximum Gasteiger partial charge on any atom is 0.422 e. The fourth-order valence-electron chi connectivity index (χ4n) is 1.04. The summed E-state index contributed by atoms with van der Waals surface area (Å²) in [6.45, 7) is 0.483. The Bertz CT molecular complexity index is 335. The molecule has 3 nitrogen and oxygen atoms in total. The summed E-state index contributed by atoms with van der Waals surface area (Å²) in [5.41, 5.74) is 0.599. The third-order valence-electron chi connectivity index (χ3n) is 1.71. The highest BCUT2D eigenvalue weighted by Crippen LogP contribution is 2.30. The summed E-state index contributed by atoms with van der Waals surface area (Å²) in [5, 5.41) is 3.83. The maximum atomic E-state index is 11.9. The molecule has 0 radical (unpaired) electrons. The lowest BCUT2D eigenvalue weighted by Gasteiger charge is -2.11. The van der Waals surface area contributed by atoms with E-state index in [1.54, 1.807) is 6.92 Å². The van der Waals surface area contributed by atoms with Crippen molar-refractivity contribution in [3.63, 3.8) is 0 Å². The molecule has 0 aromatic carbocycles. The highest BCUT2D eigenvalue weighted by atomic mass is 79.9. The van der Waals surface area contributed by atoms with Crippen LogP contribution in [0.2, 0.25) is 0 Å². The number of nitrogens with zero attached hydrogens (tertiary/aromatic N) is 2. The van der Waals surface area contributed by atoms with Crippen molar-refractivity contribution < 1.29 is 17.9 Å². The standard InChI is InChI=1S/C8H10BrF3N2O/c1-5(9)6-3-13-14(2)7(6)15-4-8(10,11)12/h3,5H,4H2,1-2H3. The van der Waals surface area contributed by atoms with Gasteiger partial charge in [0.05, 0.1) is 6.20 Å². The van der Waals surface area contributed by atoms with Crippen LogP contribution in [0.5, 0.6) is 5.88 Å². The first-order valence-corrected chi connectivity index (χ1v) is 5.08. The fraction of sp³-hybridized carbons (Fsp3) is 0.625. The Hall–Kier alpha value is -0.720. The summed E-state index contributed by atoms with van der Waals surface area (Å²) in [5.74, 6) is 0.136. The second-order valence-electron chi connectivity index (χ2n) is 3.05. The molecule has 0 bridgehead atoms. The Balaban J connectivity index is 2.79. The minimum Gasteiger partial charge on any atom is -0.468 e. The minimum atomic E-state index is -4.34. The molecule has 0 fully saturated rings. The molecule has 0 spiro atoms. The summed E-state index contributed by atoms with van der Waals surface area (Å²) >= 11 is 3.25. The van der Waals surface area contributed by atoms with Gasteiger partial charge in [-0.15, -0.1) is 0 Å². The van der Waals surface area contributed by atoms with Gasteiger partial charge in [-0.1, -0.05) is 15.9 Å². The van der Waals surface area contributed by atoms with Gasteiger partial charge in [0.1, 0.15) is 0 Å². The van der Waals surface area contributed by atoms with Crippen molar-refractivity contribution in [3.8, 4) is 5.88 Å². The second kappa shape index (κ2) is 4.42. The molecule has 15 heavy (non-hydrogen) atoms. The summed E-state index contributed by atoms with van der Waals surface area (Å²) in [6.07, 6.45) is -2.86. The molecule has 0 N–H and O–H groups in total. The first kappa shape index (κ1) is 12.4. The molecule has 7 heteroatoms. The van der Waals surface area contributed by atoms with Crippen LogP contribution in [-0.2, 0) is 7.05 Å². The number of alkyl halides is 4. The van der Waals surface area contributed by atoms with Gasteiger partial charge in [0, 0.05) is 17.4 Å². The SMILES string of the molecule is CC(Br)c1cnn(C)c1OCC(F)(F)F. The van der Waals surface area contributed by atoms with Crippen LogP contribution in [0.15, 0.2) is 6.20 Å². The number of rotatable bonds is 3. The van der Waals surface area contributed by atoms with Crippen LogP contribution in [0.1, 0.15) is 17.3 Å². The topological polar surface area (TPSA) is 27.1 Å². The number of hydrogen-bond donors (Lipinski definition) is 0. The van der Waals surface area contributed by atoms with E-state index in [4.69, 9.17) is 0 Å². The Kier molecular flexibility index (Phi) is 3.64. The van der Waals surface area contributed by atoms with E-state index in [-0.39, 0.29) is 10.7 Å². The van der Waals surface area contributed by atoms with Gasteiger partial charge in [0.25, 0.3) is 0 Å². The highest BCUT2D eigenvalue weighted by Gasteiger charge is 2.29. The average Bonchev–Trinajstić information content (AvgIpc) is 2.42. The Morgan fingerprint density at radius 2 is 2.20 bits per heavy atom. The lowest BCUT2D eigenvalue weighted by molar-refractivity contribution is -0.154. The zero-order valence-electron chi connectivity index (χ0n) is 8.18. The van der Waals surface area contributed by atoms with E-state index in [1.807, 2.05) is 0 Å². The third-order valence-corrected chi connectivity index (χ3v) is 2.21. The number of ether oxygens (including phenoxy) is 1. The van der Waals surface area contributed by atoms with Gasteiger partial charge in [-0.3, -0.25) is 0 Å². The molecule has 1 rings (SSSR count). The molecule has 1 unspecified atom stereocenters. The van der Waals surface area contributed by atoms with E-state index >= 15 is 0 Å². The van der Waals surface area contributed by atoms with E-state index in [2.05, 4.69) is 25.8 Å². The normalized spacial score (nSPS) is 14.0. The van der Waals surface area contributed by atoms with Gasteiger partial charge in [0.2, 0.25) is 5.88 Å². The highest BCUT2D eigenvalue weighted by molar-refractivity contribution is 9.09. The Labute approximate surface area is 93.3 Å². The maximum absolute atomic E-state index is 11.9. The molecule has 1 aromatic heterocycles. The Morgan fingerprint density at radius 1 is 1.60 bits per heavy atom. The molecule has 0 saturated heterocycles. The van der Waals surface area contributed by atoms with Crippen molar-refractivity contribution in [2.24, 2.45) is 7.05 Å². The van der Waals surface area contributed by atoms with Crippen molar-refractivity contribution in [3.05, 3.63) is 11.8 Å². The molecule has 0 aliphatic heterocycles. The van der Waals surface area contributed by atoms with E-state index in [9.17, 15) is 13.2 Å². The van der Waals surface area contributed by atoms with Crippen LogP contribution in [0.25, 0.3) is 0 Å². The van der Waals surface area contributed by atoms with Crippen LogP contribution in [0.4, 0.5) is 13.2 Å². The molecule has 1 atom stereocenters. The van der Waals surface area contributed by atoms with Gasteiger partial charge in [0.15, 0.2) is 6.61 Å². The lowest BCUT2D eigenvalue weighted by atomic mass is 10.3. The number of aryl methyl sites for hydroxylation is 1. The molecule has 1 aromatic rings. The average molecular weight is 287 g/mol. The number of hydrogen-bond acceptors (Lipinski definition) is 2. The van der Waals surface area contributed by atoms with Gasteiger partial charge >= 0.3 is 6.18 Å². The fourth-order valence-corrected chi connectivity index (χ4v) is 1.36. The Morgan fingerprint density at radius 3 is 2.67 bits per heavy atom. The number of aromatic nitrogens is 2. The predicted octanol–water partition coefficient (Wildman–Crippen LogP) is 2.82. The molecule has 0 saturated carbocycles. The van der Waals surface area contributed by atoms with E-state index in [0.29, 0.717) is 5.56 Å². The second-order valence-corrected chi connectivity index (χ2v) is 4.42. The zero-order chi connectivity index (χ0) is 11.6.